The summed E-state index contributed by atoms with van der Waals surface area (Å²) in [5, 5.41) is 10.2. The average Bonchev–Trinajstić information content (AvgIpc) is 2.96. The van der Waals surface area contributed by atoms with Crippen LogP contribution in [0.1, 0.15) is 11.5 Å². The summed E-state index contributed by atoms with van der Waals surface area (Å²) in [6.07, 6.45) is 0. The summed E-state index contributed by atoms with van der Waals surface area (Å²) >= 11 is 0. The van der Waals surface area contributed by atoms with Crippen LogP contribution in [0.4, 0.5) is 5.69 Å². The van der Waals surface area contributed by atoms with Crippen LogP contribution in [-0.4, -0.2) is 33.3 Å². The number of carbonyl (C=O) groups excluding carboxylic acids is 2. The van der Waals surface area contributed by atoms with Gasteiger partial charge in [0, 0.05) is 6.07 Å². The molecule has 0 saturated heterocycles. The lowest BCUT2D eigenvalue weighted by atomic mass is 9.81. The first-order valence-corrected chi connectivity index (χ1v) is 11.5. The second kappa shape index (κ2) is 11.2. The van der Waals surface area contributed by atoms with Crippen molar-refractivity contribution in [3.63, 3.8) is 0 Å². The Morgan fingerprint density at radius 2 is 1.50 bits per heavy atom. The van der Waals surface area contributed by atoms with E-state index in [1.807, 2.05) is 18.2 Å². The van der Waals surface area contributed by atoms with Gasteiger partial charge in [0.05, 0.1) is 50.2 Å². The predicted molar refractivity (Wildman–Crippen MR) is 139 cm³/mol. The Morgan fingerprint density at radius 1 is 0.868 bits per heavy atom. The molecule has 0 aromatic heterocycles. The Balaban J connectivity index is 2.01. The fourth-order valence-electron chi connectivity index (χ4n) is 4.30. The number of hydrogen-bond donors (Lipinski definition) is 1. The minimum Gasteiger partial charge on any atom is -0.495 e. The molecule has 1 heterocycles. The van der Waals surface area contributed by atoms with E-state index < -0.39 is 17.9 Å². The number of nitrogens with two attached hydrogens (primary N) is 1. The molecule has 0 amide bonds. The molecule has 1 atom stereocenters. The number of methoxy groups -OCH3 is 3. The number of nitriles is 1. The number of hydrogen-bond acceptors (Lipinski definition) is 9. The van der Waals surface area contributed by atoms with Crippen molar-refractivity contribution in [3.8, 4) is 23.3 Å². The minimum absolute atomic E-state index is 0.0423. The van der Waals surface area contributed by atoms with E-state index in [9.17, 15) is 14.9 Å². The molecule has 0 spiro atoms. The van der Waals surface area contributed by atoms with Gasteiger partial charge in [-0.25, -0.2) is 9.59 Å². The van der Waals surface area contributed by atoms with Gasteiger partial charge in [-0.2, -0.15) is 5.26 Å². The Kier molecular flexibility index (Phi) is 7.63. The van der Waals surface area contributed by atoms with Crippen molar-refractivity contribution in [3.05, 3.63) is 107 Å². The third-order valence-corrected chi connectivity index (χ3v) is 5.98. The number of carbonyl (C=O) groups is 2. The van der Waals surface area contributed by atoms with Gasteiger partial charge in [0.1, 0.15) is 28.8 Å². The van der Waals surface area contributed by atoms with Crippen molar-refractivity contribution in [2.24, 2.45) is 5.73 Å². The quantitative estimate of drug-likeness (QED) is 0.460. The van der Waals surface area contributed by atoms with Gasteiger partial charge in [-0.05, 0) is 29.8 Å². The van der Waals surface area contributed by atoms with Gasteiger partial charge in [0.15, 0.2) is 0 Å². The Hall–Kier alpha value is -5.23. The van der Waals surface area contributed by atoms with Crippen LogP contribution in [-0.2, 0) is 19.1 Å². The monoisotopic (exact) mass is 511 g/mol. The second-order valence-electron chi connectivity index (χ2n) is 8.08. The van der Waals surface area contributed by atoms with Crippen molar-refractivity contribution in [2.45, 2.75) is 5.92 Å². The first-order chi connectivity index (χ1) is 18.4. The molecule has 1 aliphatic rings. The summed E-state index contributed by atoms with van der Waals surface area (Å²) in [5.41, 5.74) is 7.15. The first kappa shape index (κ1) is 25.9. The number of para-hydroxylation sites is 1. The van der Waals surface area contributed by atoms with Crippen molar-refractivity contribution < 1.29 is 28.5 Å². The average molecular weight is 512 g/mol. The highest BCUT2D eigenvalue weighted by Crippen LogP contribution is 2.46. The highest BCUT2D eigenvalue weighted by molar-refractivity contribution is 6.06. The van der Waals surface area contributed by atoms with Crippen LogP contribution in [0.5, 0.6) is 17.2 Å². The molecule has 0 bridgehead atoms. The van der Waals surface area contributed by atoms with Crippen LogP contribution in [0.3, 0.4) is 0 Å². The molecule has 9 heteroatoms. The molecule has 2 N–H and O–H groups in total. The van der Waals surface area contributed by atoms with Crippen molar-refractivity contribution in [1.29, 1.82) is 5.26 Å². The van der Waals surface area contributed by atoms with Crippen LogP contribution in [0, 0.1) is 11.3 Å². The molecule has 9 nitrogen and oxygen atoms in total. The first-order valence-electron chi connectivity index (χ1n) is 11.5. The smallest absolute Gasteiger partial charge is 0.355 e. The zero-order valence-corrected chi connectivity index (χ0v) is 21.0. The van der Waals surface area contributed by atoms with E-state index in [0.29, 0.717) is 22.8 Å². The molecule has 1 aliphatic heterocycles. The Morgan fingerprint density at radius 3 is 2.08 bits per heavy atom. The largest absolute Gasteiger partial charge is 0.495 e. The van der Waals surface area contributed by atoms with Crippen LogP contribution >= 0.6 is 0 Å². The molecular formula is C29H25N3O6. The lowest BCUT2D eigenvalue weighted by Gasteiger charge is -2.36. The van der Waals surface area contributed by atoms with Gasteiger partial charge in [0.2, 0.25) is 0 Å². The maximum atomic E-state index is 13.3. The molecule has 0 saturated carbocycles. The fourth-order valence-corrected chi connectivity index (χ4v) is 4.30. The fraction of sp³-hybridized carbons (Fsp3) is 0.138. The van der Waals surface area contributed by atoms with Crippen molar-refractivity contribution in [2.75, 3.05) is 26.2 Å². The van der Waals surface area contributed by atoms with Crippen molar-refractivity contribution in [1.82, 2.24) is 0 Å². The summed E-state index contributed by atoms with van der Waals surface area (Å²) in [6.45, 7) is 0. The highest BCUT2D eigenvalue weighted by Gasteiger charge is 2.43. The molecule has 38 heavy (non-hydrogen) atoms. The molecule has 4 rings (SSSR count). The van der Waals surface area contributed by atoms with Gasteiger partial charge in [0.25, 0.3) is 0 Å². The van der Waals surface area contributed by atoms with E-state index in [0.717, 1.165) is 0 Å². The zero-order valence-electron chi connectivity index (χ0n) is 21.0. The lowest BCUT2D eigenvalue weighted by molar-refractivity contribution is -0.139. The predicted octanol–water partition coefficient (Wildman–Crippen LogP) is 4.39. The van der Waals surface area contributed by atoms with Crippen LogP contribution in [0.25, 0.3) is 0 Å². The summed E-state index contributed by atoms with van der Waals surface area (Å²) in [4.78, 5) is 27.8. The van der Waals surface area contributed by atoms with E-state index in [-0.39, 0.29) is 28.4 Å². The molecule has 1 unspecified atom stereocenters. The normalized spacial score (nSPS) is 15.0. The minimum atomic E-state index is -0.978. The molecule has 0 radical (unpaired) electrons. The second-order valence-corrected chi connectivity index (χ2v) is 8.08. The van der Waals surface area contributed by atoms with Gasteiger partial charge in [-0.1, -0.05) is 48.5 Å². The van der Waals surface area contributed by atoms with Crippen molar-refractivity contribution >= 4 is 17.6 Å². The Bertz CT molecular complexity index is 1460. The van der Waals surface area contributed by atoms with Gasteiger partial charge in [-0.15, -0.1) is 0 Å². The molecule has 0 fully saturated rings. The number of nitrogens with zero attached hydrogens (tertiary/aromatic N) is 2. The van der Waals surface area contributed by atoms with Gasteiger partial charge < -0.3 is 24.7 Å². The summed E-state index contributed by atoms with van der Waals surface area (Å²) in [7, 11) is 3.83. The zero-order chi connectivity index (χ0) is 27.2. The molecule has 3 aromatic carbocycles. The van der Waals surface area contributed by atoms with E-state index >= 15 is 0 Å². The maximum absolute atomic E-state index is 13.3. The number of rotatable bonds is 7. The maximum Gasteiger partial charge on any atom is 0.355 e. The van der Waals surface area contributed by atoms with E-state index in [1.165, 1.54) is 26.2 Å². The number of allylic oxidation sites excluding steroid dienone is 1. The highest BCUT2D eigenvalue weighted by atomic mass is 16.5. The summed E-state index contributed by atoms with van der Waals surface area (Å²) < 4.78 is 21.7. The molecule has 192 valence electrons. The van der Waals surface area contributed by atoms with E-state index in [4.69, 9.17) is 24.7 Å². The van der Waals surface area contributed by atoms with Crippen LogP contribution in [0.2, 0.25) is 0 Å². The third-order valence-electron chi connectivity index (χ3n) is 5.98. The van der Waals surface area contributed by atoms with Gasteiger partial charge in [-0.3, -0.25) is 4.90 Å². The lowest BCUT2D eigenvalue weighted by Crippen LogP contribution is -2.41. The molecule has 3 aromatic rings. The number of esters is 2. The number of ether oxygens (including phenoxy) is 4. The van der Waals surface area contributed by atoms with Crippen LogP contribution in [0.15, 0.2) is 102 Å². The topological polar surface area (TPSA) is 124 Å². The SMILES string of the molecule is COC(=O)C1=C(C(=O)OC)N(c2cc(Oc3ccccc3)ccc2OC)C(N)=C(C#N)C1c1ccccc1. The number of anilines is 1. The van der Waals surface area contributed by atoms with E-state index in [1.54, 1.807) is 60.7 Å². The summed E-state index contributed by atoms with van der Waals surface area (Å²) in [6, 6.07) is 24.9. The third kappa shape index (κ3) is 4.75. The van der Waals surface area contributed by atoms with Gasteiger partial charge >= 0.3 is 11.9 Å². The summed E-state index contributed by atoms with van der Waals surface area (Å²) in [5.74, 6) is -1.46. The Labute approximate surface area is 219 Å². The van der Waals surface area contributed by atoms with E-state index in [2.05, 4.69) is 6.07 Å². The standard InChI is InChI=1S/C29H25N3O6/c1-35-23-15-14-20(38-19-12-8-5-9-13-19)16-22(23)32-26(29(34)37-3)25(28(33)36-2)24(21(17-30)27(32)31)18-10-6-4-7-11-18/h4-16,24H,31H2,1-3H3. The van der Waals surface area contributed by atoms with Crippen LogP contribution < -0.4 is 20.1 Å². The molecular weight excluding hydrogens is 486 g/mol. The molecule has 0 aliphatic carbocycles. The number of benzene rings is 3.